The highest BCUT2D eigenvalue weighted by Gasteiger charge is 2.13. The molecule has 3 heteroatoms. The zero-order valence-corrected chi connectivity index (χ0v) is 11.7. The van der Waals surface area contributed by atoms with Crippen LogP contribution in [0.2, 0.25) is 0 Å². The maximum atomic E-state index is 13.3. The Balaban J connectivity index is 2.31. The van der Waals surface area contributed by atoms with E-state index in [4.69, 9.17) is 4.74 Å². The normalized spacial score (nSPS) is 10.3. The molecule has 0 N–H and O–H groups in total. The van der Waals surface area contributed by atoms with E-state index in [2.05, 4.69) is 0 Å². The quantitative estimate of drug-likeness (QED) is 0.764. The second-order valence-corrected chi connectivity index (χ2v) is 4.66. The van der Waals surface area contributed by atoms with Gasteiger partial charge in [0, 0.05) is 11.1 Å². The summed E-state index contributed by atoms with van der Waals surface area (Å²) in [5.41, 5.74) is 1.65. The summed E-state index contributed by atoms with van der Waals surface area (Å²) in [7, 11) is 0. The molecule has 2 aromatic rings. The number of benzene rings is 2. The van der Waals surface area contributed by atoms with Gasteiger partial charge in [0.2, 0.25) is 0 Å². The van der Waals surface area contributed by atoms with Gasteiger partial charge >= 0.3 is 0 Å². The zero-order valence-electron chi connectivity index (χ0n) is 11.7. The number of carbonyl (C=O) groups excluding carboxylic acids is 1. The SMILES string of the molecule is CCCOc1cccc(C(=O)c2cc(F)ccc2C)c1. The van der Waals surface area contributed by atoms with E-state index < -0.39 is 5.82 Å². The van der Waals surface area contributed by atoms with Crippen molar-refractivity contribution in [3.05, 3.63) is 65.0 Å². The van der Waals surface area contributed by atoms with Crippen molar-refractivity contribution in [1.82, 2.24) is 0 Å². The van der Waals surface area contributed by atoms with Crippen molar-refractivity contribution in [1.29, 1.82) is 0 Å². The molecular weight excluding hydrogens is 255 g/mol. The van der Waals surface area contributed by atoms with Crippen molar-refractivity contribution in [3.8, 4) is 5.75 Å². The third-order valence-electron chi connectivity index (χ3n) is 3.01. The van der Waals surface area contributed by atoms with E-state index in [0.717, 1.165) is 12.0 Å². The fraction of sp³-hybridized carbons (Fsp3) is 0.235. The van der Waals surface area contributed by atoms with E-state index in [9.17, 15) is 9.18 Å². The lowest BCUT2D eigenvalue weighted by atomic mass is 9.99. The molecule has 104 valence electrons. The smallest absolute Gasteiger partial charge is 0.193 e. The first-order valence-electron chi connectivity index (χ1n) is 6.65. The van der Waals surface area contributed by atoms with Gasteiger partial charge in [-0.2, -0.15) is 0 Å². The molecule has 0 atom stereocenters. The molecule has 0 saturated carbocycles. The minimum Gasteiger partial charge on any atom is -0.494 e. The van der Waals surface area contributed by atoms with Crippen molar-refractivity contribution < 1.29 is 13.9 Å². The average Bonchev–Trinajstić information content (AvgIpc) is 2.47. The Bertz CT molecular complexity index is 620. The second-order valence-electron chi connectivity index (χ2n) is 4.66. The molecule has 0 aliphatic carbocycles. The van der Waals surface area contributed by atoms with E-state index in [1.54, 1.807) is 31.2 Å². The summed E-state index contributed by atoms with van der Waals surface area (Å²) in [5, 5.41) is 0. The van der Waals surface area contributed by atoms with E-state index in [1.807, 2.05) is 13.0 Å². The highest BCUT2D eigenvalue weighted by atomic mass is 19.1. The van der Waals surface area contributed by atoms with Gasteiger partial charge in [0.15, 0.2) is 5.78 Å². The Labute approximate surface area is 118 Å². The van der Waals surface area contributed by atoms with Crippen LogP contribution in [0.4, 0.5) is 4.39 Å². The van der Waals surface area contributed by atoms with Crippen LogP contribution < -0.4 is 4.74 Å². The number of ketones is 1. The second kappa shape index (κ2) is 6.33. The molecule has 0 bridgehead atoms. The van der Waals surface area contributed by atoms with Crippen molar-refractivity contribution in [2.75, 3.05) is 6.61 Å². The summed E-state index contributed by atoms with van der Waals surface area (Å²) < 4.78 is 18.8. The van der Waals surface area contributed by atoms with Crippen LogP contribution in [0.1, 0.15) is 34.8 Å². The minimum absolute atomic E-state index is 0.191. The summed E-state index contributed by atoms with van der Waals surface area (Å²) in [4.78, 5) is 12.4. The minimum atomic E-state index is -0.405. The molecule has 0 heterocycles. The molecule has 0 saturated heterocycles. The lowest BCUT2D eigenvalue weighted by molar-refractivity contribution is 0.103. The highest BCUT2D eigenvalue weighted by Crippen LogP contribution is 2.19. The van der Waals surface area contributed by atoms with Crippen LogP contribution in [-0.4, -0.2) is 12.4 Å². The van der Waals surface area contributed by atoms with Crippen molar-refractivity contribution in [2.24, 2.45) is 0 Å². The van der Waals surface area contributed by atoms with Crippen molar-refractivity contribution in [2.45, 2.75) is 20.3 Å². The molecule has 2 aromatic carbocycles. The molecule has 0 aliphatic rings. The molecule has 0 radical (unpaired) electrons. The molecular formula is C17H17FO2. The van der Waals surface area contributed by atoms with Crippen molar-refractivity contribution in [3.63, 3.8) is 0 Å². The molecule has 2 nitrogen and oxygen atoms in total. The van der Waals surface area contributed by atoms with Crippen LogP contribution in [0.3, 0.4) is 0 Å². The standard InChI is InChI=1S/C17H17FO2/c1-3-9-20-15-6-4-5-13(10-15)17(19)16-11-14(18)8-7-12(16)2/h4-8,10-11H,3,9H2,1-2H3. The number of rotatable bonds is 5. The van der Waals surface area contributed by atoms with Crippen LogP contribution in [0.25, 0.3) is 0 Å². The highest BCUT2D eigenvalue weighted by molar-refractivity contribution is 6.10. The van der Waals surface area contributed by atoms with E-state index in [0.29, 0.717) is 23.5 Å². The Morgan fingerprint density at radius 2 is 2.00 bits per heavy atom. The van der Waals surface area contributed by atoms with Gasteiger partial charge in [-0.15, -0.1) is 0 Å². The molecule has 0 amide bonds. The molecule has 0 fully saturated rings. The largest absolute Gasteiger partial charge is 0.494 e. The van der Waals surface area contributed by atoms with Crippen LogP contribution in [0, 0.1) is 12.7 Å². The zero-order chi connectivity index (χ0) is 14.5. The van der Waals surface area contributed by atoms with Crippen LogP contribution >= 0.6 is 0 Å². The average molecular weight is 272 g/mol. The molecule has 0 unspecified atom stereocenters. The summed E-state index contributed by atoms with van der Waals surface area (Å²) in [6.07, 6.45) is 0.904. The third-order valence-corrected chi connectivity index (χ3v) is 3.01. The Kier molecular flexibility index (Phi) is 4.51. The Hall–Kier alpha value is -2.16. The van der Waals surface area contributed by atoms with Gasteiger partial charge in [-0.3, -0.25) is 4.79 Å². The fourth-order valence-corrected chi connectivity index (χ4v) is 1.94. The summed E-state index contributed by atoms with van der Waals surface area (Å²) >= 11 is 0. The first-order chi connectivity index (χ1) is 9.61. The van der Waals surface area contributed by atoms with Gasteiger partial charge in [-0.05, 0) is 43.2 Å². The van der Waals surface area contributed by atoms with Gasteiger partial charge in [0.1, 0.15) is 11.6 Å². The topological polar surface area (TPSA) is 26.3 Å². The van der Waals surface area contributed by atoms with Crippen LogP contribution in [0.15, 0.2) is 42.5 Å². The number of aryl methyl sites for hydroxylation is 1. The number of ether oxygens (including phenoxy) is 1. The number of carbonyl (C=O) groups is 1. The Morgan fingerprint density at radius 1 is 1.20 bits per heavy atom. The molecule has 0 aromatic heterocycles. The van der Waals surface area contributed by atoms with Crippen LogP contribution in [-0.2, 0) is 0 Å². The lowest BCUT2D eigenvalue weighted by Gasteiger charge is -2.08. The number of hydrogen-bond acceptors (Lipinski definition) is 2. The summed E-state index contributed by atoms with van der Waals surface area (Å²) in [6, 6.07) is 11.2. The van der Waals surface area contributed by atoms with E-state index >= 15 is 0 Å². The first-order valence-corrected chi connectivity index (χ1v) is 6.65. The predicted octanol–water partition coefficient (Wildman–Crippen LogP) is 4.15. The maximum absolute atomic E-state index is 13.3. The van der Waals surface area contributed by atoms with Gasteiger partial charge in [0.25, 0.3) is 0 Å². The van der Waals surface area contributed by atoms with Gasteiger partial charge in [-0.25, -0.2) is 4.39 Å². The molecule has 2 rings (SSSR count). The summed E-state index contributed by atoms with van der Waals surface area (Å²) in [6.45, 7) is 4.42. The Morgan fingerprint density at radius 3 is 2.75 bits per heavy atom. The third kappa shape index (κ3) is 3.23. The van der Waals surface area contributed by atoms with Crippen LogP contribution in [0.5, 0.6) is 5.75 Å². The number of halogens is 1. The lowest BCUT2D eigenvalue weighted by Crippen LogP contribution is -2.05. The fourth-order valence-electron chi connectivity index (χ4n) is 1.94. The molecule has 20 heavy (non-hydrogen) atoms. The maximum Gasteiger partial charge on any atom is 0.193 e. The van der Waals surface area contributed by atoms with Gasteiger partial charge in [-0.1, -0.05) is 25.1 Å². The first kappa shape index (κ1) is 14.3. The number of hydrogen-bond donors (Lipinski definition) is 0. The molecule has 0 spiro atoms. The van der Waals surface area contributed by atoms with E-state index in [1.165, 1.54) is 12.1 Å². The van der Waals surface area contributed by atoms with Crippen molar-refractivity contribution >= 4 is 5.78 Å². The van der Waals surface area contributed by atoms with Gasteiger partial charge in [0.05, 0.1) is 6.61 Å². The molecule has 0 aliphatic heterocycles. The monoisotopic (exact) mass is 272 g/mol. The summed E-state index contributed by atoms with van der Waals surface area (Å²) in [5.74, 6) is 0.0630. The van der Waals surface area contributed by atoms with Gasteiger partial charge < -0.3 is 4.74 Å². The predicted molar refractivity (Wildman–Crippen MR) is 76.8 cm³/mol. The van der Waals surface area contributed by atoms with E-state index in [-0.39, 0.29) is 5.78 Å².